The van der Waals surface area contributed by atoms with Crippen LogP contribution in [0.4, 0.5) is 4.79 Å². The van der Waals surface area contributed by atoms with Crippen molar-refractivity contribution in [3.05, 3.63) is 69.9 Å². The van der Waals surface area contributed by atoms with Gasteiger partial charge in [0.2, 0.25) is 0 Å². The topological polar surface area (TPSA) is 46.5 Å². The summed E-state index contributed by atoms with van der Waals surface area (Å²) in [5.41, 5.74) is 5.03. The van der Waals surface area contributed by atoms with Crippen LogP contribution < -0.4 is 10.1 Å². The van der Waals surface area contributed by atoms with Crippen LogP contribution in [-0.2, 0) is 25.9 Å². The molecule has 1 aliphatic heterocycles. The molecule has 1 unspecified atom stereocenters. The molecule has 156 valence electrons. The van der Waals surface area contributed by atoms with Crippen LogP contribution in [-0.4, -0.2) is 22.6 Å². The number of urea groups is 1. The highest BCUT2D eigenvalue weighted by molar-refractivity contribution is 7.15. The van der Waals surface area contributed by atoms with E-state index in [1.165, 1.54) is 46.0 Å². The van der Waals surface area contributed by atoms with Crippen molar-refractivity contribution in [3.63, 3.8) is 0 Å². The molecule has 0 saturated carbocycles. The Balaban J connectivity index is 1.44. The summed E-state index contributed by atoms with van der Waals surface area (Å²) in [6.07, 6.45) is 6.95. The molecule has 1 atom stereocenters. The molecule has 0 fully saturated rings. The van der Waals surface area contributed by atoms with Gasteiger partial charge >= 0.3 is 6.03 Å². The van der Waals surface area contributed by atoms with Crippen LogP contribution in [0.15, 0.2) is 42.6 Å². The summed E-state index contributed by atoms with van der Waals surface area (Å²) in [5.74, 6) is 0.803. The lowest BCUT2D eigenvalue weighted by atomic mass is 9.95. The molecule has 2 aliphatic rings. The smallest absolute Gasteiger partial charge is 0.318 e. The van der Waals surface area contributed by atoms with Gasteiger partial charge in [-0.25, -0.2) is 4.79 Å². The van der Waals surface area contributed by atoms with E-state index in [0.717, 1.165) is 17.7 Å². The molecular weight excluding hydrogens is 394 g/mol. The van der Waals surface area contributed by atoms with Gasteiger partial charge in [0.25, 0.3) is 0 Å². The number of hydrogen-bond donors (Lipinski definition) is 1. The molecule has 6 heteroatoms. The molecule has 1 N–H and O–H groups in total. The average molecular weight is 422 g/mol. The summed E-state index contributed by atoms with van der Waals surface area (Å²) in [5, 5.41) is 4.43. The maximum atomic E-state index is 13.3. The third-order valence-electron chi connectivity index (χ3n) is 6.32. The summed E-state index contributed by atoms with van der Waals surface area (Å²) < 4.78 is 7.60. The maximum Gasteiger partial charge on any atom is 0.318 e. The summed E-state index contributed by atoms with van der Waals surface area (Å²) in [4.78, 5) is 16.8. The molecular formula is C24H27N3O2S. The Kier molecular flexibility index (Phi) is 5.03. The molecule has 3 heterocycles. The number of rotatable bonds is 3. The number of methoxy groups -OCH3 is 1. The van der Waals surface area contributed by atoms with Crippen LogP contribution in [0.1, 0.15) is 53.1 Å². The van der Waals surface area contributed by atoms with E-state index in [-0.39, 0.29) is 12.1 Å². The van der Waals surface area contributed by atoms with Crippen LogP contribution in [0.5, 0.6) is 5.75 Å². The minimum Gasteiger partial charge on any atom is -0.497 e. The lowest BCUT2D eigenvalue weighted by Crippen LogP contribution is -2.40. The van der Waals surface area contributed by atoms with Crippen LogP contribution >= 0.6 is 11.3 Å². The molecule has 1 aliphatic carbocycles. The number of aromatic nitrogens is 1. The number of hydrogen-bond acceptors (Lipinski definition) is 3. The van der Waals surface area contributed by atoms with Gasteiger partial charge in [0.1, 0.15) is 10.8 Å². The number of nitrogens with one attached hydrogen (secondary N) is 1. The molecule has 0 spiro atoms. The Morgan fingerprint density at radius 2 is 2.07 bits per heavy atom. The van der Waals surface area contributed by atoms with Crippen molar-refractivity contribution >= 4 is 17.4 Å². The largest absolute Gasteiger partial charge is 0.497 e. The van der Waals surface area contributed by atoms with Gasteiger partial charge in [-0.05, 0) is 68.0 Å². The minimum atomic E-state index is -0.0262. The van der Waals surface area contributed by atoms with E-state index in [0.29, 0.717) is 13.1 Å². The number of aryl methyl sites for hydroxylation is 1. The minimum absolute atomic E-state index is 0.00384. The number of carbonyl (C=O) groups is 1. The third kappa shape index (κ3) is 3.29. The fraction of sp³-hybridized carbons (Fsp3) is 0.375. The van der Waals surface area contributed by atoms with Crippen molar-refractivity contribution in [2.24, 2.45) is 0 Å². The van der Waals surface area contributed by atoms with Crippen LogP contribution in [0, 0.1) is 0 Å². The van der Waals surface area contributed by atoms with E-state index in [2.05, 4.69) is 35.1 Å². The highest BCUT2D eigenvalue weighted by Crippen LogP contribution is 2.42. The summed E-state index contributed by atoms with van der Waals surface area (Å²) in [6.45, 7) is 3.27. The Labute approximate surface area is 181 Å². The van der Waals surface area contributed by atoms with Gasteiger partial charge < -0.3 is 19.5 Å². The standard InChI is InChI=1S/C24H27N3O2S/c1-16-21-10-6-12-26(21)23-20(19-9-3-4-11-22(19)30-23)15-27(16)24(28)25-14-17-7-5-8-18(13-17)29-2/h5-8,10,12-13,16H,3-4,9,11,14-15H2,1-2H3,(H,25,28). The van der Waals surface area contributed by atoms with Crippen LogP contribution in [0.2, 0.25) is 0 Å². The third-order valence-corrected chi connectivity index (χ3v) is 7.65. The Morgan fingerprint density at radius 3 is 2.93 bits per heavy atom. The number of fused-ring (bicyclic) bond motifs is 5. The second-order valence-corrected chi connectivity index (χ2v) is 9.20. The number of ether oxygens (including phenoxy) is 1. The van der Waals surface area contributed by atoms with E-state index in [1.54, 1.807) is 7.11 Å². The molecule has 0 saturated heterocycles. The van der Waals surface area contributed by atoms with Crippen molar-refractivity contribution in [2.45, 2.75) is 51.7 Å². The first kappa shape index (κ1) is 19.2. The molecule has 5 rings (SSSR count). The first-order chi connectivity index (χ1) is 14.7. The van der Waals surface area contributed by atoms with Gasteiger partial charge in [0.15, 0.2) is 0 Å². The maximum absolute atomic E-state index is 13.3. The van der Waals surface area contributed by atoms with Crippen LogP contribution in [0.3, 0.4) is 0 Å². The predicted molar refractivity (Wildman–Crippen MR) is 119 cm³/mol. The van der Waals surface area contributed by atoms with Crippen molar-refractivity contribution in [2.75, 3.05) is 7.11 Å². The second-order valence-electron chi connectivity index (χ2n) is 8.11. The van der Waals surface area contributed by atoms with Gasteiger partial charge in [-0.1, -0.05) is 12.1 Å². The number of nitrogens with zero attached hydrogens (tertiary/aromatic N) is 2. The van der Waals surface area contributed by atoms with Gasteiger partial charge in [-0.15, -0.1) is 11.3 Å². The molecule has 2 amide bonds. The number of amides is 2. The Morgan fingerprint density at radius 1 is 1.20 bits per heavy atom. The van der Waals surface area contributed by atoms with Crippen LogP contribution in [0.25, 0.3) is 5.00 Å². The van der Waals surface area contributed by atoms with Crippen molar-refractivity contribution in [1.82, 2.24) is 14.8 Å². The fourth-order valence-corrected chi connectivity index (χ4v) is 6.07. The first-order valence-electron chi connectivity index (χ1n) is 10.6. The molecule has 5 nitrogen and oxygen atoms in total. The Hall–Kier alpha value is -2.73. The zero-order valence-corrected chi connectivity index (χ0v) is 18.3. The normalized spacial score (nSPS) is 17.5. The van der Waals surface area contributed by atoms with Crippen molar-refractivity contribution in [3.8, 4) is 10.8 Å². The van der Waals surface area contributed by atoms with E-state index < -0.39 is 0 Å². The zero-order chi connectivity index (χ0) is 20.7. The second kappa shape index (κ2) is 7.84. The molecule has 0 bridgehead atoms. The molecule has 30 heavy (non-hydrogen) atoms. The lowest BCUT2D eigenvalue weighted by molar-refractivity contribution is 0.174. The number of thiophene rings is 1. The zero-order valence-electron chi connectivity index (χ0n) is 17.5. The highest BCUT2D eigenvalue weighted by Gasteiger charge is 2.32. The molecule has 1 aromatic carbocycles. The van der Waals surface area contributed by atoms with E-state index in [4.69, 9.17) is 4.74 Å². The first-order valence-corrected chi connectivity index (χ1v) is 11.5. The average Bonchev–Trinajstić information content (AvgIpc) is 3.38. The SMILES string of the molecule is COc1cccc(CNC(=O)N2Cc3c(sc4c3CCCC4)-n3cccc3C2C)c1. The van der Waals surface area contributed by atoms with Crippen molar-refractivity contribution < 1.29 is 9.53 Å². The van der Waals surface area contributed by atoms with Gasteiger partial charge in [0, 0.05) is 28.9 Å². The molecule has 0 radical (unpaired) electrons. The summed E-state index contributed by atoms with van der Waals surface area (Å²) >= 11 is 1.92. The van der Waals surface area contributed by atoms with Gasteiger partial charge in [0.05, 0.1) is 19.7 Å². The quantitative estimate of drug-likeness (QED) is 0.631. The molecule has 2 aromatic heterocycles. The molecule has 3 aromatic rings. The number of carbonyl (C=O) groups excluding carboxylic acids is 1. The lowest BCUT2D eigenvalue weighted by Gasteiger charge is -2.28. The predicted octanol–water partition coefficient (Wildman–Crippen LogP) is 5.21. The summed E-state index contributed by atoms with van der Waals surface area (Å²) in [6, 6.07) is 12.0. The Bertz CT molecular complexity index is 1080. The number of benzene rings is 1. The highest BCUT2D eigenvalue weighted by atomic mass is 32.1. The van der Waals surface area contributed by atoms with E-state index >= 15 is 0 Å². The van der Waals surface area contributed by atoms with E-state index in [9.17, 15) is 4.79 Å². The van der Waals surface area contributed by atoms with Gasteiger partial charge in [-0.2, -0.15) is 0 Å². The van der Waals surface area contributed by atoms with Gasteiger partial charge in [-0.3, -0.25) is 0 Å². The van der Waals surface area contributed by atoms with Crippen molar-refractivity contribution in [1.29, 1.82) is 0 Å². The van der Waals surface area contributed by atoms with E-state index in [1.807, 2.05) is 40.5 Å². The monoisotopic (exact) mass is 421 g/mol. The fourth-order valence-electron chi connectivity index (χ4n) is 4.67. The summed E-state index contributed by atoms with van der Waals surface area (Å²) in [7, 11) is 1.66.